The van der Waals surface area contributed by atoms with Crippen molar-refractivity contribution >= 4 is 33.2 Å². The molecule has 1 aliphatic rings. The number of rotatable bonds is 6. The summed E-state index contributed by atoms with van der Waals surface area (Å²) < 4.78 is 31.9. The molecule has 0 saturated carbocycles. The Morgan fingerprint density at radius 1 is 1.24 bits per heavy atom. The number of sulfonamides is 1. The Hall–Kier alpha value is -2.09. The first-order chi connectivity index (χ1) is 13.6. The van der Waals surface area contributed by atoms with E-state index >= 15 is 0 Å². The number of nitrogens with zero attached hydrogens (tertiary/aromatic N) is 2. The average Bonchev–Trinajstić information content (AvgIpc) is 3.11. The zero-order chi connectivity index (χ0) is 21.3. The van der Waals surface area contributed by atoms with Crippen molar-refractivity contribution in [2.75, 3.05) is 25.5 Å². The number of benzene rings is 2. The summed E-state index contributed by atoms with van der Waals surface area (Å²) in [6.07, 6.45) is 0.486. The zero-order valence-electron chi connectivity index (χ0n) is 17.0. The van der Waals surface area contributed by atoms with Crippen LogP contribution in [0.5, 0.6) is 5.75 Å². The Morgan fingerprint density at radius 2 is 1.97 bits per heavy atom. The van der Waals surface area contributed by atoms with E-state index in [2.05, 4.69) is 0 Å². The van der Waals surface area contributed by atoms with Gasteiger partial charge in [-0.2, -0.15) is 0 Å². The van der Waals surface area contributed by atoms with Gasteiger partial charge in [-0.05, 0) is 67.3 Å². The Kier molecular flexibility index (Phi) is 6.22. The second-order valence-electron chi connectivity index (χ2n) is 7.24. The van der Waals surface area contributed by atoms with E-state index in [0.717, 1.165) is 16.8 Å². The van der Waals surface area contributed by atoms with Crippen molar-refractivity contribution in [2.45, 2.75) is 37.7 Å². The molecule has 156 valence electrons. The maximum atomic E-state index is 13.1. The van der Waals surface area contributed by atoms with Crippen molar-refractivity contribution in [3.05, 3.63) is 52.5 Å². The molecule has 0 bridgehead atoms. The lowest BCUT2D eigenvalue weighted by molar-refractivity contribution is -0.125. The number of halogens is 1. The lowest BCUT2D eigenvalue weighted by Gasteiger charge is -2.24. The molecule has 1 heterocycles. The summed E-state index contributed by atoms with van der Waals surface area (Å²) in [5, 5.41) is 0.647. The Morgan fingerprint density at radius 3 is 2.59 bits per heavy atom. The standard InChI is InChI=1S/C21H25ClN2O4S/c1-5-20(28-16-6-8-18(22)14(2)12-16)21(25)24-11-10-15-13-17(7-9-19(15)24)29(26,27)23(3)4/h6-9,12-13,20H,5,10-11H2,1-4H3/t20-/m1/s1. The molecule has 0 spiro atoms. The molecule has 2 aromatic carbocycles. The van der Waals surface area contributed by atoms with Gasteiger partial charge >= 0.3 is 0 Å². The van der Waals surface area contributed by atoms with Crippen molar-refractivity contribution in [1.82, 2.24) is 4.31 Å². The second-order valence-corrected chi connectivity index (χ2v) is 9.80. The van der Waals surface area contributed by atoms with Gasteiger partial charge in [-0.25, -0.2) is 12.7 Å². The minimum atomic E-state index is -3.51. The van der Waals surface area contributed by atoms with Gasteiger partial charge in [0.25, 0.3) is 5.91 Å². The summed E-state index contributed by atoms with van der Waals surface area (Å²) in [6.45, 7) is 4.28. The van der Waals surface area contributed by atoms with Crippen LogP contribution in [0, 0.1) is 6.92 Å². The van der Waals surface area contributed by atoms with Crippen LogP contribution in [0.25, 0.3) is 0 Å². The van der Waals surface area contributed by atoms with Crippen molar-refractivity contribution in [2.24, 2.45) is 0 Å². The highest BCUT2D eigenvalue weighted by Crippen LogP contribution is 2.32. The predicted molar refractivity (Wildman–Crippen MR) is 114 cm³/mol. The molecule has 0 unspecified atom stereocenters. The molecule has 0 aromatic heterocycles. The minimum absolute atomic E-state index is 0.137. The second kappa shape index (κ2) is 8.34. The number of aryl methyl sites for hydroxylation is 1. The first-order valence-corrected chi connectivity index (χ1v) is 11.3. The first kappa shape index (κ1) is 21.6. The van der Waals surface area contributed by atoms with Gasteiger partial charge in [-0.15, -0.1) is 0 Å². The van der Waals surface area contributed by atoms with Gasteiger partial charge in [-0.1, -0.05) is 18.5 Å². The molecule has 8 heteroatoms. The molecule has 0 radical (unpaired) electrons. The summed E-state index contributed by atoms with van der Waals surface area (Å²) in [4.78, 5) is 15.0. The molecule has 0 N–H and O–H groups in total. The largest absolute Gasteiger partial charge is 0.481 e. The number of amides is 1. The van der Waals surface area contributed by atoms with Gasteiger partial charge in [0.15, 0.2) is 6.10 Å². The molecule has 3 rings (SSSR count). The Bertz CT molecular complexity index is 1040. The molecule has 0 aliphatic carbocycles. The molecule has 0 fully saturated rings. The minimum Gasteiger partial charge on any atom is -0.481 e. The van der Waals surface area contributed by atoms with Crippen molar-refractivity contribution < 1.29 is 17.9 Å². The number of fused-ring (bicyclic) bond motifs is 1. The number of hydrogen-bond donors (Lipinski definition) is 0. The van der Waals surface area contributed by atoms with E-state index in [-0.39, 0.29) is 10.8 Å². The van der Waals surface area contributed by atoms with Crippen LogP contribution in [0.3, 0.4) is 0 Å². The number of ether oxygens (including phenoxy) is 1. The van der Waals surface area contributed by atoms with E-state index in [1.165, 1.54) is 18.4 Å². The average molecular weight is 437 g/mol. The first-order valence-electron chi connectivity index (χ1n) is 9.44. The van der Waals surface area contributed by atoms with Crippen molar-refractivity contribution in [3.8, 4) is 5.75 Å². The maximum Gasteiger partial charge on any atom is 0.268 e. The fourth-order valence-electron chi connectivity index (χ4n) is 3.32. The number of anilines is 1. The topological polar surface area (TPSA) is 66.9 Å². The third-order valence-electron chi connectivity index (χ3n) is 5.05. The van der Waals surface area contributed by atoms with Crippen LogP contribution in [-0.4, -0.2) is 45.4 Å². The highest BCUT2D eigenvalue weighted by molar-refractivity contribution is 7.89. The van der Waals surface area contributed by atoms with Gasteiger partial charge in [0.1, 0.15) is 5.75 Å². The SMILES string of the molecule is CC[C@@H](Oc1ccc(Cl)c(C)c1)C(=O)N1CCc2cc(S(=O)(=O)N(C)C)ccc21. The van der Waals surface area contributed by atoms with E-state index in [1.807, 2.05) is 19.9 Å². The van der Waals surface area contributed by atoms with Crippen LogP contribution >= 0.6 is 11.6 Å². The monoisotopic (exact) mass is 436 g/mol. The van der Waals surface area contributed by atoms with Gasteiger partial charge in [0.05, 0.1) is 4.90 Å². The molecule has 29 heavy (non-hydrogen) atoms. The van der Waals surface area contributed by atoms with Crippen LogP contribution in [-0.2, 0) is 21.2 Å². The predicted octanol–water partition coefficient (Wildman–Crippen LogP) is 3.65. The summed E-state index contributed by atoms with van der Waals surface area (Å²) in [5.41, 5.74) is 2.47. The van der Waals surface area contributed by atoms with Gasteiger partial charge < -0.3 is 9.64 Å². The normalized spacial score (nSPS) is 14.8. The molecule has 1 atom stereocenters. The van der Waals surface area contributed by atoms with Crippen LogP contribution < -0.4 is 9.64 Å². The lowest BCUT2D eigenvalue weighted by atomic mass is 10.1. The van der Waals surface area contributed by atoms with Gasteiger partial charge in [0, 0.05) is 31.4 Å². The Labute approximate surface area is 177 Å². The third kappa shape index (κ3) is 4.27. The molecule has 1 amide bonds. The highest BCUT2D eigenvalue weighted by Gasteiger charge is 2.32. The smallest absolute Gasteiger partial charge is 0.268 e. The van der Waals surface area contributed by atoms with E-state index in [4.69, 9.17) is 16.3 Å². The Balaban J connectivity index is 1.83. The molecule has 2 aromatic rings. The van der Waals surface area contributed by atoms with E-state index in [9.17, 15) is 13.2 Å². The van der Waals surface area contributed by atoms with E-state index in [0.29, 0.717) is 30.2 Å². The van der Waals surface area contributed by atoms with Crippen molar-refractivity contribution in [3.63, 3.8) is 0 Å². The number of carbonyl (C=O) groups excluding carboxylic acids is 1. The van der Waals surface area contributed by atoms with E-state index in [1.54, 1.807) is 35.2 Å². The molecular formula is C21H25ClN2O4S. The summed E-state index contributed by atoms with van der Waals surface area (Å²) in [5.74, 6) is 0.459. The highest BCUT2D eigenvalue weighted by atomic mass is 35.5. The van der Waals surface area contributed by atoms with Crippen LogP contribution in [0.1, 0.15) is 24.5 Å². The van der Waals surface area contributed by atoms with Crippen LogP contribution in [0.15, 0.2) is 41.3 Å². The summed E-state index contributed by atoms with van der Waals surface area (Å²) >= 11 is 6.06. The molecule has 1 aliphatic heterocycles. The fourth-order valence-corrected chi connectivity index (χ4v) is 4.39. The van der Waals surface area contributed by atoms with Crippen LogP contribution in [0.2, 0.25) is 5.02 Å². The maximum absolute atomic E-state index is 13.1. The molecular weight excluding hydrogens is 412 g/mol. The zero-order valence-corrected chi connectivity index (χ0v) is 18.5. The van der Waals surface area contributed by atoms with Crippen molar-refractivity contribution in [1.29, 1.82) is 0 Å². The van der Waals surface area contributed by atoms with Gasteiger partial charge in [-0.3, -0.25) is 4.79 Å². The number of carbonyl (C=O) groups is 1. The summed E-state index contributed by atoms with van der Waals surface area (Å²) in [7, 11) is -0.511. The van der Waals surface area contributed by atoms with E-state index < -0.39 is 16.1 Å². The lowest BCUT2D eigenvalue weighted by Crippen LogP contribution is -2.41. The molecule has 6 nitrogen and oxygen atoms in total. The van der Waals surface area contributed by atoms with Crippen LogP contribution in [0.4, 0.5) is 5.69 Å². The molecule has 0 saturated heterocycles. The number of hydrogen-bond acceptors (Lipinski definition) is 4. The fraction of sp³-hybridized carbons (Fsp3) is 0.381. The third-order valence-corrected chi connectivity index (χ3v) is 7.28. The summed E-state index contributed by atoms with van der Waals surface area (Å²) in [6, 6.07) is 10.2. The quantitative estimate of drug-likeness (QED) is 0.693. The van der Waals surface area contributed by atoms with Gasteiger partial charge in [0.2, 0.25) is 10.0 Å².